The van der Waals surface area contributed by atoms with Crippen molar-refractivity contribution >= 4 is 5.97 Å². The first kappa shape index (κ1) is 16.6. The maximum atomic E-state index is 12.8. The van der Waals surface area contributed by atoms with Crippen molar-refractivity contribution in [2.75, 3.05) is 6.61 Å². The normalized spacial score (nSPS) is 22.4. The number of aliphatic carboxylic acids is 1. The lowest BCUT2D eigenvalue weighted by Crippen LogP contribution is -2.21. The predicted molar refractivity (Wildman–Crippen MR) is 74.9 cm³/mol. The van der Waals surface area contributed by atoms with Gasteiger partial charge in [0.05, 0.1) is 18.1 Å². The minimum atomic E-state index is -4.40. The number of hydrogen-bond acceptors (Lipinski definition) is 2. The maximum absolute atomic E-state index is 12.8. The van der Waals surface area contributed by atoms with Crippen molar-refractivity contribution in [1.82, 2.24) is 0 Å². The van der Waals surface area contributed by atoms with E-state index in [1.54, 1.807) is 6.92 Å². The van der Waals surface area contributed by atoms with Crippen LogP contribution in [0.1, 0.15) is 49.7 Å². The molecule has 6 heteroatoms. The second kappa shape index (κ2) is 6.58. The number of carbonyl (C=O) groups is 1. The van der Waals surface area contributed by atoms with Crippen LogP contribution in [0.25, 0.3) is 0 Å². The van der Waals surface area contributed by atoms with Crippen molar-refractivity contribution in [2.24, 2.45) is 5.92 Å². The topological polar surface area (TPSA) is 46.5 Å². The Kier molecular flexibility index (Phi) is 4.98. The molecule has 122 valence electrons. The average molecular weight is 316 g/mol. The van der Waals surface area contributed by atoms with Gasteiger partial charge in [-0.05, 0) is 56.2 Å². The molecule has 3 nitrogen and oxygen atoms in total. The van der Waals surface area contributed by atoms with Gasteiger partial charge in [-0.15, -0.1) is 0 Å². The predicted octanol–water partition coefficient (Wildman–Crippen LogP) is 4.46. The van der Waals surface area contributed by atoms with E-state index < -0.39 is 17.7 Å². The van der Waals surface area contributed by atoms with Gasteiger partial charge in [-0.2, -0.15) is 13.2 Å². The van der Waals surface area contributed by atoms with Gasteiger partial charge in [0.2, 0.25) is 0 Å². The van der Waals surface area contributed by atoms with E-state index in [0.717, 1.165) is 17.7 Å². The molecule has 0 atom stereocenters. The van der Waals surface area contributed by atoms with Gasteiger partial charge in [-0.25, -0.2) is 0 Å². The van der Waals surface area contributed by atoms with E-state index in [0.29, 0.717) is 32.3 Å². The summed E-state index contributed by atoms with van der Waals surface area (Å²) in [5.74, 6) is -0.826. The van der Waals surface area contributed by atoms with E-state index in [9.17, 15) is 18.0 Å². The van der Waals surface area contributed by atoms with Gasteiger partial charge < -0.3 is 9.84 Å². The van der Waals surface area contributed by atoms with Gasteiger partial charge >= 0.3 is 12.1 Å². The Balaban J connectivity index is 2.22. The van der Waals surface area contributed by atoms with Crippen molar-refractivity contribution in [3.8, 4) is 5.75 Å². The van der Waals surface area contributed by atoms with Gasteiger partial charge in [-0.1, -0.05) is 6.07 Å². The maximum Gasteiger partial charge on any atom is 0.416 e. The van der Waals surface area contributed by atoms with E-state index in [2.05, 4.69) is 0 Å². The van der Waals surface area contributed by atoms with Crippen LogP contribution in [0.4, 0.5) is 13.2 Å². The summed E-state index contributed by atoms with van der Waals surface area (Å²) in [6, 6.07) is 3.59. The SMILES string of the molecule is CCOc1cc(C(F)(F)F)ccc1C1CCC(C(=O)O)CC1. The first-order valence-corrected chi connectivity index (χ1v) is 7.39. The Bertz CT molecular complexity index is 532. The lowest BCUT2D eigenvalue weighted by Gasteiger charge is -2.28. The summed E-state index contributed by atoms with van der Waals surface area (Å²) >= 11 is 0. The molecule has 0 heterocycles. The van der Waals surface area contributed by atoms with E-state index in [1.807, 2.05) is 0 Å². The highest BCUT2D eigenvalue weighted by Crippen LogP contribution is 2.42. The zero-order valence-corrected chi connectivity index (χ0v) is 12.3. The zero-order valence-electron chi connectivity index (χ0n) is 12.3. The smallest absolute Gasteiger partial charge is 0.416 e. The quantitative estimate of drug-likeness (QED) is 0.892. The summed E-state index contributed by atoms with van der Waals surface area (Å²) in [5.41, 5.74) is 0.0256. The van der Waals surface area contributed by atoms with Crippen LogP contribution < -0.4 is 4.74 Å². The zero-order chi connectivity index (χ0) is 16.3. The van der Waals surface area contributed by atoms with Gasteiger partial charge in [-0.3, -0.25) is 4.79 Å². The largest absolute Gasteiger partial charge is 0.494 e. The van der Waals surface area contributed by atoms with E-state index in [1.165, 1.54) is 6.07 Å². The first-order chi connectivity index (χ1) is 10.3. The molecule has 1 aromatic carbocycles. The summed E-state index contributed by atoms with van der Waals surface area (Å²) in [6.07, 6.45) is -1.99. The minimum Gasteiger partial charge on any atom is -0.494 e. The van der Waals surface area contributed by atoms with Crippen LogP contribution in [0.3, 0.4) is 0 Å². The van der Waals surface area contributed by atoms with Crippen molar-refractivity contribution in [3.63, 3.8) is 0 Å². The molecular formula is C16H19F3O3. The van der Waals surface area contributed by atoms with E-state index in [-0.39, 0.29) is 17.6 Å². The third kappa shape index (κ3) is 3.72. The number of halogens is 3. The lowest BCUT2D eigenvalue weighted by molar-refractivity contribution is -0.143. The molecule has 1 aliphatic rings. The lowest BCUT2D eigenvalue weighted by atomic mass is 9.78. The Morgan fingerprint density at radius 1 is 1.27 bits per heavy atom. The van der Waals surface area contributed by atoms with Gasteiger partial charge in [0.15, 0.2) is 0 Å². The summed E-state index contributed by atoms with van der Waals surface area (Å²) in [5, 5.41) is 9.01. The van der Waals surface area contributed by atoms with Crippen LogP contribution in [0.2, 0.25) is 0 Å². The molecule has 0 radical (unpaired) electrons. The van der Waals surface area contributed by atoms with Crippen LogP contribution in [0.15, 0.2) is 18.2 Å². The van der Waals surface area contributed by atoms with Gasteiger partial charge in [0.1, 0.15) is 5.75 Å². The molecule has 2 rings (SSSR count). The van der Waals surface area contributed by atoms with E-state index >= 15 is 0 Å². The molecule has 0 aromatic heterocycles. The van der Waals surface area contributed by atoms with Crippen LogP contribution in [0.5, 0.6) is 5.75 Å². The third-order valence-corrected chi connectivity index (χ3v) is 4.16. The van der Waals surface area contributed by atoms with Crippen molar-refractivity contribution in [1.29, 1.82) is 0 Å². The fraction of sp³-hybridized carbons (Fsp3) is 0.562. The van der Waals surface area contributed by atoms with Crippen LogP contribution in [-0.2, 0) is 11.0 Å². The molecule has 1 aromatic rings. The molecule has 0 unspecified atom stereocenters. The molecule has 1 saturated carbocycles. The second-order valence-electron chi connectivity index (χ2n) is 5.57. The Morgan fingerprint density at radius 3 is 2.41 bits per heavy atom. The van der Waals surface area contributed by atoms with Crippen molar-refractivity contribution in [3.05, 3.63) is 29.3 Å². The monoisotopic (exact) mass is 316 g/mol. The number of benzene rings is 1. The summed E-state index contributed by atoms with van der Waals surface area (Å²) in [6.45, 7) is 2.02. The molecule has 0 bridgehead atoms. The number of carboxylic acids is 1. The fourth-order valence-electron chi connectivity index (χ4n) is 2.98. The molecule has 1 aliphatic carbocycles. The molecular weight excluding hydrogens is 297 g/mol. The summed E-state index contributed by atoms with van der Waals surface area (Å²) < 4.78 is 43.8. The fourth-order valence-corrected chi connectivity index (χ4v) is 2.98. The number of ether oxygens (including phenoxy) is 1. The van der Waals surface area contributed by atoms with Crippen LogP contribution in [0, 0.1) is 5.92 Å². The number of carboxylic acid groups (broad SMARTS) is 1. The molecule has 1 fully saturated rings. The molecule has 0 aliphatic heterocycles. The minimum absolute atomic E-state index is 0.0550. The van der Waals surface area contributed by atoms with Crippen molar-refractivity contribution in [2.45, 2.75) is 44.7 Å². The highest BCUT2D eigenvalue weighted by Gasteiger charge is 2.33. The highest BCUT2D eigenvalue weighted by molar-refractivity contribution is 5.70. The number of rotatable bonds is 4. The van der Waals surface area contributed by atoms with Gasteiger partial charge in [0, 0.05) is 0 Å². The van der Waals surface area contributed by atoms with Gasteiger partial charge in [0.25, 0.3) is 0 Å². The average Bonchev–Trinajstić information content (AvgIpc) is 2.47. The molecule has 0 amide bonds. The number of hydrogen-bond donors (Lipinski definition) is 1. The molecule has 0 saturated heterocycles. The molecule has 0 spiro atoms. The molecule has 1 N–H and O–H groups in total. The third-order valence-electron chi connectivity index (χ3n) is 4.16. The standard InChI is InChI=1S/C16H19F3O3/c1-2-22-14-9-12(16(17,18)19)7-8-13(14)10-3-5-11(6-4-10)15(20)21/h7-11H,2-6H2,1H3,(H,20,21). The van der Waals surface area contributed by atoms with E-state index in [4.69, 9.17) is 9.84 Å². The van der Waals surface area contributed by atoms with Crippen molar-refractivity contribution < 1.29 is 27.8 Å². The Labute approximate surface area is 127 Å². The van der Waals surface area contributed by atoms with Crippen LogP contribution >= 0.6 is 0 Å². The second-order valence-corrected chi connectivity index (χ2v) is 5.57. The highest BCUT2D eigenvalue weighted by atomic mass is 19.4. The van der Waals surface area contributed by atoms with Crippen LogP contribution in [-0.4, -0.2) is 17.7 Å². The Hall–Kier alpha value is -1.72. The Morgan fingerprint density at radius 2 is 1.91 bits per heavy atom. The summed E-state index contributed by atoms with van der Waals surface area (Å²) in [4.78, 5) is 11.0. The number of alkyl halides is 3. The first-order valence-electron chi connectivity index (χ1n) is 7.39. The summed E-state index contributed by atoms with van der Waals surface area (Å²) in [7, 11) is 0. The molecule has 22 heavy (non-hydrogen) atoms.